The van der Waals surface area contributed by atoms with Crippen molar-refractivity contribution in [2.24, 2.45) is 0 Å². The summed E-state index contributed by atoms with van der Waals surface area (Å²) >= 11 is 6.01. The van der Waals surface area contributed by atoms with Crippen molar-refractivity contribution < 1.29 is 8.42 Å². The second-order valence-electron chi connectivity index (χ2n) is 6.45. The van der Waals surface area contributed by atoms with Crippen LogP contribution in [0.15, 0.2) is 34.1 Å². The van der Waals surface area contributed by atoms with Crippen LogP contribution in [0.25, 0.3) is 5.65 Å². The van der Waals surface area contributed by atoms with Crippen LogP contribution < -0.4 is 5.32 Å². The Labute approximate surface area is 157 Å². The summed E-state index contributed by atoms with van der Waals surface area (Å²) in [5.41, 5.74) is 3.48. The van der Waals surface area contributed by atoms with Crippen LogP contribution in [0.1, 0.15) is 29.8 Å². The molecule has 0 amide bonds. The van der Waals surface area contributed by atoms with Gasteiger partial charge in [-0.3, -0.25) is 0 Å². The highest BCUT2D eigenvalue weighted by Crippen LogP contribution is 2.34. The van der Waals surface area contributed by atoms with Crippen molar-refractivity contribution in [3.63, 3.8) is 0 Å². The molecule has 0 atom stereocenters. The van der Waals surface area contributed by atoms with Gasteiger partial charge in [0.25, 0.3) is 0 Å². The van der Waals surface area contributed by atoms with Gasteiger partial charge in [-0.2, -0.15) is 0 Å². The van der Waals surface area contributed by atoms with Crippen molar-refractivity contribution in [1.82, 2.24) is 14.6 Å². The van der Waals surface area contributed by atoms with Gasteiger partial charge in [-0.1, -0.05) is 17.7 Å². The number of aryl methyl sites for hydroxylation is 2. The van der Waals surface area contributed by atoms with E-state index in [2.05, 4.69) is 15.4 Å². The molecule has 0 saturated carbocycles. The quantitative estimate of drug-likeness (QED) is 0.741. The zero-order valence-corrected chi connectivity index (χ0v) is 16.2. The van der Waals surface area contributed by atoms with E-state index in [9.17, 15) is 8.42 Å². The maximum absolute atomic E-state index is 13.3. The van der Waals surface area contributed by atoms with Gasteiger partial charge in [-0.15, -0.1) is 5.10 Å². The Morgan fingerprint density at radius 1 is 1.23 bits per heavy atom. The molecule has 0 fully saturated rings. The molecular weight excluding hydrogens is 372 g/mol. The van der Waals surface area contributed by atoms with Crippen LogP contribution in [0.2, 0.25) is 5.02 Å². The molecule has 136 valence electrons. The molecule has 2 aromatic heterocycles. The van der Waals surface area contributed by atoms with E-state index in [-0.39, 0.29) is 9.79 Å². The van der Waals surface area contributed by atoms with Crippen molar-refractivity contribution >= 4 is 32.9 Å². The fourth-order valence-corrected chi connectivity index (χ4v) is 5.38. The van der Waals surface area contributed by atoms with E-state index in [0.29, 0.717) is 16.5 Å². The molecule has 0 unspecified atom stereocenters. The second kappa shape index (κ2) is 6.25. The largest absolute Gasteiger partial charge is 0.370 e. The van der Waals surface area contributed by atoms with Crippen LogP contribution >= 0.6 is 11.6 Å². The number of benzene rings is 1. The van der Waals surface area contributed by atoms with Gasteiger partial charge < -0.3 is 5.32 Å². The summed E-state index contributed by atoms with van der Waals surface area (Å²) < 4.78 is 28.4. The molecule has 2 heterocycles. The third kappa shape index (κ3) is 2.57. The van der Waals surface area contributed by atoms with E-state index >= 15 is 0 Å². The molecule has 8 heteroatoms. The van der Waals surface area contributed by atoms with Gasteiger partial charge in [-0.05, 0) is 56.4 Å². The van der Waals surface area contributed by atoms with Gasteiger partial charge in [-0.25, -0.2) is 17.9 Å². The Balaban J connectivity index is 2.05. The average molecular weight is 391 g/mol. The summed E-state index contributed by atoms with van der Waals surface area (Å²) in [6, 6.07) is 6.26. The number of sulfone groups is 1. The van der Waals surface area contributed by atoms with Gasteiger partial charge in [0.15, 0.2) is 16.4 Å². The van der Waals surface area contributed by atoms with E-state index in [1.54, 1.807) is 23.7 Å². The lowest BCUT2D eigenvalue weighted by Crippen LogP contribution is -2.13. The van der Waals surface area contributed by atoms with Crippen molar-refractivity contribution in [2.45, 2.75) is 42.4 Å². The normalized spacial score (nSPS) is 14.4. The Hall–Kier alpha value is -2.12. The predicted molar refractivity (Wildman–Crippen MR) is 101 cm³/mol. The minimum Gasteiger partial charge on any atom is -0.370 e. The molecule has 0 aliphatic heterocycles. The van der Waals surface area contributed by atoms with Gasteiger partial charge in [0.2, 0.25) is 9.84 Å². The number of hydrogen-bond acceptors (Lipinski definition) is 5. The molecule has 1 aliphatic carbocycles. The fourth-order valence-electron chi connectivity index (χ4n) is 3.58. The van der Waals surface area contributed by atoms with Crippen LogP contribution in [-0.4, -0.2) is 30.1 Å². The summed E-state index contributed by atoms with van der Waals surface area (Å²) in [5, 5.41) is 7.82. The number of anilines is 1. The molecular formula is C18H19ClN4O2S. The Kier molecular flexibility index (Phi) is 4.16. The van der Waals surface area contributed by atoms with Gasteiger partial charge in [0, 0.05) is 23.5 Å². The van der Waals surface area contributed by atoms with Crippen LogP contribution in [0, 0.1) is 6.92 Å². The lowest BCUT2D eigenvalue weighted by molar-refractivity contribution is 0.597. The van der Waals surface area contributed by atoms with E-state index in [0.717, 1.165) is 37.1 Å². The molecule has 26 heavy (non-hydrogen) atoms. The van der Waals surface area contributed by atoms with E-state index in [1.807, 2.05) is 6.92 Å². The molecule has 0 saturated heterocycles. The Bertz CT molecular complexity index is 1120. The molecule has 4 rings (SSSR count). The summed E-state index contributed by atoms with van der Waals surface area (Å²) in [5.74, 6) is 0.302. The van der Waals surface area contributed by atoms with Crippen molar-refractivity contribution in [1.29, 1.82) is 0 Å². The number of hydrogen-bond donors (Lipinski definition) is 1. The predicted octanol–water partition coefficient (Wildman–Crippen LogP) is 3.44. The Morgan fingerprint density at radius 2 is 2.00 bits per heavy atom. The zero-order chi connectivity index (χ0) is 18.5. The zero-order valence-electron chi connectivity index (χ0n) is 14.6. The summed E-state index contributed by atoms with van der Waals surface area (Å²) in [6.07, 6.45) is 4.01. The van der Waals surface area contributed by atoms with Gasteiger partial charge in [0.1, 0.15) is 0 Å². The minimum absolute atomic E-state index is 0.0961. The van der Waals surface area contributed by atoms with E-state index < -0.39 is 9.84 Å². The molecule has 1 N–H and O–H groups in total. The highest BCUT2D eigenvalue weighted by Gasteiger charge is 2.30. The summed E-state index contributed by atoms with van der Waals surface area (Å²) in [4.78, 5) is 4.85. The summed E-state index contributed by atoms with van der Waals surface area (Å²) in [7, 11) is -2.16. The first-order valence-electron chi connectivity index (χ1n) is 8.53. The van der Waals surface area contributed by atoms with E-state index in [1.165, 1.54) is 17.7 Å². The molecule has 1 aliphatic rings. The Morgan fingerprint density at radius 3 is 2.73 bits per heavy atom. The second-order valence-corrected chi connectivity index (χ2v) is 8.78. The third-order valence-electron chi connectivity index (χ3n) is 4.84. The van der Waals surface area contributed by atoms with Crippen LogP contribution in [0.4, 0.5) is 5.82 Å². The standard InChI is InChI=1S/C18H19ClN4O2S/c1-11-14-8-3-4-9-15(14)23-18(21-11)16(17(20-2)22-23)26(24,25)13-7-5-6-12(19)10-13/h5-7,10H,3-4,8-9H2,1-2H3,(H,20,22). The van der Waals surface area contributed by atoms with Crippen LogP contribution in [0.3, 0.4) is 0 Å². The van der Waals surface area contributed by atoms with Crippen LogP contribution in [0.5, 0.6) is 0 Å². The maximum Gasteiger partial charge on any atom is 0.214 e. The molecule has 0 radical (unpaired) electrons. The van der Waals surface area contributed by atoms with Crippen molar-refractivity contribution in [2.75, 3.05) is 12.4 Å². The molecule has 6 nitrogen and oxygen atoms in total. The molecule has 3 aromatic rings. The lowest BCUT2D eigenvalue weighted by Gasteiger charge is -2.18. The number of halogens is 1. The third-order valence-corrected chi connectivity index (χ3v) is 6.86. The number of nitrogens with one attached hydrogen (secondary N) is 1. The lowest BCUT2D eigenvalue weighted by atomic mass is 9.95. The van der Waals surface area contributed by atoms with Crippen LogP contribution in [-0.2, 0) is 22.7 Å². The highest BCUT2D eigenvalue weighted by atomic mass is 35.5. The SMILES string of the molecule is CNc1nn2c3c(c(C)nc2c1S(=O)(=O)c1cccc(Cl)c1)CCCC3. The number of aromatic nitrogens is 3. The monoisotopic (exact) mass is 390 g/mol. The first-order chi connectivity index (χ1) is 12.4. The number of fused-ring (bicyclic) bond motifs is 3. The molecule has 0 bridgehead atoms. The van der Waals surface area contributed by atoms with Gasteiger partial charge in [0.05, 0.1) is 4.90 Å². The highest BCUT2D eigenvalue weighted by molar-refractivity contribution is 7.91. The molecule has 1 aromatic carbocycles. The van der Waals surface area contributed by atoms with Gasteiger partial charge >= 0.3 is 0 Å². The maximum atomic E-state index is 13.3. The average Bonchev–Trinajstić information content (AvgIpc) is 3.01. The van der Waals surface area contributed by atoms with E-state index in [4.69, 9.17) is 11.6 Å². The molecule has 0 spiro atoms. The minimum atomic E-state index is -3.82. The van der Waals surface area contributed by atoms with Crippen molar-refractivity contribution in [3.8, 4) is 0 Å². The number of nitrogens with zero attached hydrogens (tertiary/aromatic N) is 3. The smallest absolute Gasteiger partial charge is 0.214 e. The summed E-state index contributed by atoms with van der Waals surface area (Å²) in [6.45, 7) is 1.94. The topological polar surface area (TPSA) is 76.4 Å². The first-order valence-corrected chi connectivity index (χ1v) is 10.4. The fraction of sp³-hybridized carbons (Fsp3) is 0.333. The first kappa shape index (κ1) is 17.3. The number of rotatable bonds is 3. The van der Waals surface area contributed by atoms with Crippen molar-refractivity contribution in [3.05, 3.63) is 46.2 Å².